The second-order valence-electron chi connectivity index (χ2n) is 6.37. The molecule has 0 atom stereocenters. The Labute approximate surface area is 168 Å². The van der Waals surface area contributed by atoms with Crippen molar-refractivity contribution in [2.24, 2.45) is 0 Å². The fourth-order valence-corrected chi connectivity index (χ4v) is 4.40. The second kappa shape index (κ2) is 8.11. The average Bonchev–Trinajstić information content (AvgIpc) is 3.30. The first-order valence-corrected chi connectivity index (χ1v) is 10.4. The molecule has 0 unspecified atom stereocenters. The van der Waals surface area contributed by atoms with E-state index in [1.54, 1.807) is 47.6 Å². The minimum Gasteiger partial charge on any atom is -0.379 e. The molecule has 2 aromatic heterocycles. The predicted octanol–water partition coefficient (Wildman–Crippen LogP) is 1.54. The number of carbonyl (C=O) groups is 1. The van der Waals surface area contributed by atoms with Crippen LogP contribution in [0.3, 0.4) is 0 Å². The Morgan fingerprint density at radius 1 is 1.14 bits per heavy atom. The van der Waals surface area contributed by atoms with Gasteiger partial charge >= 0.3 is 0 Å². The first-order valence-electron chi connectivity index (χ1n) is 8.98. The van der Waals surface area contributed by atoms with E-state index >= 15 is 0 Å². The van der Waals surface area contributed by atoms with Crippen molar-refractivity contribution in [3.8, 4) is 5.82 Å². The topological polar surface area (TPSA) is 106 Å². The summed E-state index contributed by atoms with van der Waals surface area (Å²) in [6, 6.07) is 9.46. The Hall–Kier alpha value is -3.08. The van der Waals surface area contributed by atoms with Gasteiger partial charge in [0.25, 0.3) is 5.91 Å². The maximum absolute atomic E-state index is 12.8. The van der Waals surface area contributed by atoms with Crippen molar-refractivity contribution in [1.29, 1.82) is 0 Å². The van der Waals surface area contributed by atoms with E-state index in [0.29, 0.717) is 37.8 Å². The molecule has 4 rings (SSSR count). The van der Waals surface area contributed by atoms with E-state index in [-0.39, 0.29) is 10.5 Å². The SMILES string of the molecule is O=C(Nc1ccc(-n2ccnc2)nc1)c1cccc(S(=O)(=O)N2CCOCC2)c1. The lowest BCUT2D eigenvalue weighted by atomic mass is 10.2. The molecule has 1 amide bonds. The van der Waals surface area contributed by atoms with E-state index in [1.807, 2.05) is 0 Å². The summed E-state index contributed by atoms with van der Waals surface area (Å²) in [6.07, 6.45) is 6.57. The largest absolute Gasteiger partial charge is 0.379 e. The van der Waals surface area contributed by atoms with Gasteiger partial charge in [-0.05, 0) is 30.3 Å². The van der Waals surface area contributed by atoms with Gasteiger partial charge in [0.05, 0.1) is 30.0 Å². The predicted molar refractivity (Wildman–Crippen MR) is 105 cm³/mol. The lowest BCUT2D eigenvalue weighted by molar-refractivity contribution is 0.0730. The van der Waals surface area contributed by atoms with Crippen LogP contribution < -0.4 is 5.32 Å². The highest BCUT2D eigenvalue weighted by atomic mass is 32.2. The van der Waals surface area contributed by atoms with Crippen LogP contribution in [-0.2, 0) is 14.8 Å². The Morgan fingerprint density at radius 2 is 1.97 bits per heavy atom. The van der Waals surface area contributed by atoms with Gasteiger partial charge in [-0.2, -0.15) is 4.31 Å². The number of sulfonamides is 1. The molecule has 0 spiro atoms. The minimum absolute atomic E-state index is 0.0839. The highest BCUT2D eigenvalue weighted by Crippen LogP contribution is 2.19. The van der Waals surface area contributed by atoms with Crippen molar-refractivity contribution < 1.29 is 17.9 Å². The molecule has 3 heterocycles. The van der Waals surface area contributed by atoms with Crippen molar-refractivity contribution >= 4 is 21.6 Å². The summed E-state index contributed by atoms with van der Waals surface area (Å²) >= 11 is 0. The molecule has 1 N–H and O–H groups in total. The second-order valence-corrected chi connectivity index (χ2v) is 8.31. The van der Waals surface area contributed by atoms with Gasteiger partial charge in [0.15, 0.2) is 0 Å². The van der Waals surface area contributed by atoms with Crippen LogP contribution in [0.4, 0.5) is 5.69 Å². The third-order valence-electron chi connectivity index (χ3n) is 4.48. The number of rotatable bonds is 5. The lowest BCUT2D eigenvalue weighted by Crippen LogP contribution is -2.40. The monoisotopic (exact) mass is 413 g/mol. The van der Waals surface area contributed by atoms with E-state index in [9.17, 15) is 13.2 Å². The fourth-order valence-electron chi connectivity index (χ4n) is 2.94. The number of morpholine rings is 1. The molecular weight excluding hydrogens is 394 g/mol. The molecule has 29 heavy (non-hydrogen) atoms. The molecule has 1 aliphatic rings. The Kier molecular flexibility index (Phi) is 5.38. The molecule has 0 bridgehead atoms. The molecule has 9 nitrogen and oxygen atoms in total. The smallest absolute Gasteiger partial charge is 0.255 e. The number of aromatic nitrogens is 3. The highest BCUT2D eigenvalue weighted by Gasteiger charge is 2.26. The van der Waals surface area contributed by atoms with E-state index in [2.05, 4.69) is 15.3 Å². The summed E-state index contributed by atoms with van der Waals surface area (Å²) < 4.78 is 33.9. The van der Waals surface area contributed by atoms with Crippen molar-refractivity contribution in [2.75, 3.05) is 31.6 Å². The molecule has 10 heteroatoms. The number of carbonyl (C=O) groups excluding carboxylic acids is 1. The number of benzene rings is 1. The zero-order valence-electron chi connectivity index (χ0n) is 15.4. The van der Waals surface area contributed by atoms with Crippen molar-refractivity contribution in [3.05, 3.63) is 66.9 Å². The number of hydrogen-bond acceptors (Lipinski definition) is 6. The molecule has 0 aliphatic carbocycles. The number of nitrogens with zero attached hydrogens (tertiary/aromatic N) is 4. The van der Waals surface area contributed by atoms with Crippen LogP contribution in [0.2, 0.25) is 0 Å². The van der Waals surface area contributed by atoms with Crippen LogP contribution in [0.5, 0.6) is 0 Å². The van der Waals surface area contributed by atoms with E-state index in [1.165, 1.54) is 22.6 Å². The van der Waals surface area contributed by atoms with Crippen molar-refractivity contribution in [1.82, 2.24) is 18.8 Å². The average molecular weight is 413 g/mol. The van der Waals surface area contributed by atoms with Crippen LogP contribution in [0, 0.1) is 0 Å². The first-order chi connectivity index (χ1) is 14.0. The number of amides is 1. The molecular formula is C19H19N5O4S. The maximum Gasteiger partial charge on any atom is 0.255 e. The molecule has 0 radical (unpaired) electrons. The third-order valence-corrected chi connectivity index (χ3v) is 6.37. The fraction of sp³-hybridized carbons (Fsp3) is 0.211. The summed E-state index contributed by atoms with van der Waals surface area (Å²) in [6.45, 7) is 1.32. The molecule has 150 valence electrons. The van der Waals surface area contributed by atoms with E-state index < -0.39 is 15.9 Å². The van der Waals surface area contributed by atoms with Crippen molar-refractivity contribution in [2.45, 2.75) is 4.90 Å². The summed E-state index contributed by atoms with van der Waals surface area (Å²) in [7, 11) is -3.67. The molecule has 1 fully saturated rings. The van der Waals surface area contributed by atoms with Gasteiger partial charge in [-0.25, -0.2) is 18.4 Å². The standard InChI is InChI=1S/C19H19N5O4S/c25-19(22-16-4-5-18(21-13-16)23-7-6-20-14-23)15-2-1-3-17(12-15)29(26,27)24-8-10-28-11-9-24/h1-7,12-14H,8-11H2,(H,22,25). The lowest BCUT2D eigenvalue weighted by Gasteiger charge is -2.26. The number of pyridine rings is 1. The van der Waals surface area contributed by atoms with Gasteiger partial charge in [0.2, 0.25) is 10.0 Å². The Morgan fingerprint density at radius 3 is 2.66 bits per heavy atom. The van der Waals surface area contributed by atoms with E-state index in [4.69, 9.17) is 4.74 Å². The molecule has 1 aliphatic heterocycles. The number of nitrogens with one attached hydrogen (secondary N) is 1. The quantitative estimate of drug-likeness (QED) is 0.680. The third kappa shape index (κ3) is 4.19. The van der Waals surface area contributed by atoms with E-state index in [0.717, 1.165) is 0 Å². The molecule has 1 saturated heterocycles. The number of imidazole rings is 1. The zero-order chi connectivity index (χ0) is 20.3. The Balaban J connectivity index is 1.50. The Bertz CT molecular complexity index is 1090. The highest BCUT2D eigenvalue weighted by molar-refractivity contribution is 7.89. The van der Waals surface area contributed by atoms with Gasteiger partial charge in [0.1, 0.15) is 12.1 Å². The number of hydrogen-bond donors (Lipinski definition) is 1. The number of anilines is 1. The molecule has 1 aromatic carbocycles. The van der Waals surface area contributed by atoms with Gasteiger partial charge in [0, 0.05) is 31.0 Å². The summed E-state index contributed by atoms with van der Waals surface area (Å²) in [4.78, 5) is 20.9. The molecule has 0 saturated carbocycles. The van der Waals surface area contributed by atoms with Gasteiger partial charge in [-0.1, -0.05) is 6.07 Å². The van der Waals surface area contributed by atoms with Crippen LogP contribution in [0.25, 0.3) is 5.82 Å². The van der Waals surface area contributed by atoms with Gasteiger partial charge in [-0.15, -0.1) is 0 Å². The summed E-state index contributed by atoms with van der Waals surface area (Å²) in [5.74, 6) is 0.250. The van der Waals surface area contributed by atoms with Crippen LogP contribution in [-0.4, -0.2) is 59.5 Å². The van der Waals surface area contributed by atoms with Crippen LogP contribution >= 0.6 is 0 Å². The maximum atomic E-state index is 12.8. The summed E-state index contributed by atoms with van der Waals surface area (Å²) in [5, 5.41) is 2.73. The number of ether oxygens (including phenoxy) is 1. The summed E-state index contributed by atoms with van der Waals surface area (Å²) in [5.41, 5.74) is 0.748. The molecule has 3 aromatic rings. The minimum atomic E-state index is -3.67. The van der Waals surface area contributed by atoms with Gasteiger partial charge < -0.3 is 10.1 Å². The van der Waals surface area contributed by atoms with Gasteiger partial charge in [-0.3, -0.25) is 9.36 Å². The zero-order valence-corrected chi connectivity index (χ0v) is 16.2. The van der Waals surface area contributed by atoms with Crippen LogP contribution in [0.15, 0.2) is 66.2 Å². The first kappa shape index (κ1) is 19.2. The normalized spacial score (nSPS) is 15.2. The van der Waals surface area contributed by atoms with Crippen molar-refractivity contribution in [3.63, 3.8) is 0 Å². The van der Waals surface area contributed by atoms with Crippen LogP contribution in [0.1, 0.15) is 10.4 Å².